The van der Waals surface area contributed by atoms with Crippen molar-refractivity contribution in [1.82, 2.24) is 24.9 Å². The summed E-state index contributed by atoms with van der Waals surface area (Å²) in [7, 11) is 0. The molecule has 0 saturated heterocycles. The number of nitrogens with one attached hydrogen (secondary N) is 1. The lowest BCUT2D eigenvalue weighted by atomic mass is 10.1. The average Bonchev–Trinajstić information content (AvgIpc) is 3.17. The summed E-state index contributed by atoms with van der Waals surface area (Å²) in [6.07, 6.45) is -8.77. The Hall–Kier alpha value is -3.22. The zero-order valence-electron chi connectivity index (χ0n) is 18.2. The number of carbonyl (C=O) groups is 1. The largest absolute Gasteiger partial charge is 0.453 e. The van der Waals surface area contributed by atoms with Gasteiger partial charge in [-0.25, -0.2) is 9.50 Å². The van der Waals surface area contributed by atoms with Gasteiger partial charge in [0.2, 0.25) is 5.91 Å². The second-order valence-corrected chi connectivity index (χ2v) is 7.61. The van der Waals surface area contributed by atoms with Crippen LogP contribution in [0.5, 0.6) is 0 Å². The molecule has 0 aliphatic rings. The Morgan fingerprint density at radius 2 is 1.68 bits per heavy atom. The summed E-state index contributed by atoms with van der Waals surface area (Å²) in [6, 6.07) is 6.56. The summed E-state index contributed by atoms with van der Waals surface area (Å²) < 4.78 is 80.6. The first-order chi connectivity index (χ1) is 15.8. The zero-order chi connectivity index (χ0) is 25.1. The van der Waals surface area contributed by atoms with Crippen LogP contribution in [0.25, 0.3) is 5.78 Å². The van der Waals surface area contributed by atoms with Crippen LogP contribution in [0, 0.1) is 13.8 Å². The fourth-order valence-corrected chi connectivity index (χ4v) is 3.26. The van der Waals surface area contributed by atoms with Gasteiger partial charge in [-0.3, -0.25) is 4.79 Å². The fraction of sp³-hybridized carbons (Fsp3) is 0.429. The van der Waals surface area contributed by atoms with Crippen LogP contribution in [0.15, 0.2) is 24.3 Å². The minimum Gasteiger partial charge on any atom is -0.367 e. The van der Waals surface area contributed by atoms with E-state index in [2.05, 4.69) is 25.1 Å². The fourth-order valence-electron chi connectivity index (χ4n) is 3.26. The monoisotopic (exact) mass is 489 g/mol. The summed E-state index contributed by atoms with van der Waals surface area (Å²) in [5.41, 5.74) is 2.79. The van der Waals surface area contributed by atoms with Gasteiger partial charge in [0.05, 0.1) is 6.61 Å². The molecule has 0 aliphatic heterocycles. The third kappa shape index (κ3) is 6.65. The zero-order valence-corrected chi connectivity index (χ0v) is 18.2. The van der Waals surface area contributed by atoms with Crippen molar-refractivity contribution in [1.29, 1.82) is 0 Å². The molecular formula is C21H21F6N5O2. The van der Waals surface area contributed by atoms with Gasteiger partial charge in [0, 0.05) is 24.4 Å². The molecule has 13 heteroatoms. The highest BCUT2D eigenvalue weighted by atomic mass is 19.4. The molecule has 0 spiro atoms. The van der Waals surface area contributed by atoms with Crippen molar-refractivity contribution in [2.24, 2.45) is 0 Å². The van der Waals surface area contributed by atoms with Crippen molar-refractivity contribution in [2.75, 3.05) is 6.61 Å². The molecule has 1 aromatic carbocycles. The Morgan fingerprint density at radius 3 is 2.29 bits per heavy atom. The highest BCUT2D eigenvalue weighted by molar-refractivity contribution is 5.76. The number of aryl methyl sites for hydroxylation is 2. The van der Waals surface area contributed by atoms with E-state index in [9.17, 15) is 31.1 Å². The highest BCUT2D eigenvalue weighted by Crippen LogP contribution is 2.27. The molecule has 0 saturated carbocycles. The number of aromatic nitrogens is 4. The molecule has 184 valence electrons. The molecule has 34 heavy (non-hydrogen) atoms. The SMILES string of the molecule is Cc1nc2nc(C(F)(F)F)nn2c(C)c1CCC(=O)NCc1ccc(COCC(F)(F)F)cc1. The number of hydrogen-bond acceptors (Lipinski definition) is 5. The van der Waals surface area contributed by atoms with Crippen molar-refractivity contribution >= 4 is 11.7 Å². The first kappa shape index (κ1) is 25.4. The maximum atomic E-state index is 12.9. The van der Waals surface area contributed by atoms with Crippen molar-refractivity contribution in [3.63, 3.8) is 0 Å². The lowest BCUT2D eigenvalue weighted by Gasteiger charge is -2.11. The standard InChI is InChI=1S/C21H21F6N5O2/c1-12-16(13(2)32-19(29-12)30-18(31-32)21(25,26)27)7-8-17(33)28-9-14-3-5-15(6-4-14)10-34-11-20(22,23)24/h3-6H,7-11H2,1-2H3,(H,28,33). The molecule has 0 atom stereocenters. The number of hydrogen-bond donors (Lipinski definition) is 1. The van der Waals surface area contributed by atoms with E-state index in [1.165, 1.54) is 0 Å². The molecule has 0 bridgehead atoms. The Kier molecular flexibility index (Phi) is 7.44. The average molecular weight is 489 g/mol. The molecule has 3 rings (SSSR count). The molecular weight excluding hydrogens is 468 g/mol. The third-order valence-electron chi connectivity index (χ3n) is 4.95. The molecule has 2 heterocycles. The maximum Gasteiger partial charge on any atom is 0.453 e. The van der Waals surface area contributed by atoms with E-state index in [4.69, 9.17) is 0 Å². The summed E-state index contributed by atoms with van der Waals surface area (Å²) >= 11 is 0. The highest BCUT2D eigenvalue weighted by Gasteiger charge is 2.37. The minimum absolute atomic E-state index is 0.0685. The molecule has 7 nitrogen and oxygen atoms in total. The molecule has 1 amide bonds. The minimum atomic E-state index is -4.69. The van der Waals surface area contributed by atoms with Crippen molar-refractivity contribution in [2.45, 2.75) is 52.2 Å². The van der Waals surface area contributed by atoms with Crippen LogP contribution in [0.2, 0.25) is 0 Å². The van der Waals surface area contributed by atoms with E-state index in [0.29, 0.717) is 22.5 Å². The van der Waals surface area contributed by atoms with Gasteiger partial charge in [-0.2, -0.15) is 31.3 Å². The number of rotatable bonds is 8. The van der Waals surface area contributed by atoms with Gasteiger partial charge in [-0.05, 0) is 37.0 Å². The molecule has 1 N–H and O–H groups in total. The van der Waals surface area contributed by atoms with Crippen LogP contribution in [0.1, 0.15) is 40.3 Å². The van der Waals surface area contributed by atoms with Crippen molar-refractivity contribution in [3.05, 3.63) is 58.2 Å². The van der Waals surface area contributed by atoms with Crippen LogP contribution >= 0.6 is 0 Å². The lowest BCUT2D eigenvalue weighted by Crippen LogP contribution is -2.23. The Labute approximate surface area is 190 Å². The summed E-state index contributed by atoms with van der Waals surface area (Å²) in [5, 5.41) is 6.21. The normalized spacial score (nSPS) is 12.4. The lowest BCUT2D eigenvalue weighted by molar-refractivity contribution is -0.176. The third-order valence-corrected chi connectivity index (χ3v) is 4.95. The first-order valence-electron chi connectivity index (χ1n) is 10.1. The summed E-state index contributed by atoms with van der Waals surface area (Å²) in [4.78, 5) is 19.8. The van der Waals surface area contributed by atoms with Crippen LogP contribution in [-0.4, -0.2) is 38.3 Å². The van der Waals surface area contributed by atoms with Gasteiger partial charge in [0.1, 0.15) is 6.61 Å². The number of carbonyl (C=O) groups excluding carboxylic acids is 1. The second kappa shape index (κ2) is 9.95. The van der Waals surface area contributed by atoms with Crippen molar-refractivity contribution < 1.29 is 35.9 Å². The van der Waals surface area contributed by atoms with Gasteiger partial charge < -0.3 is 10.1 Å². The number of ether oxygens (including phenoxy) is 1. The van der Waals surface area contributed by atoms with E-state index in [1.807, 2.05) is 0 Å². The van der Waals surface area contributed by atoms with E-state index in [0.717, 1.165) is 10.1 Å². The van der Waals surface area contributed by atoms with Crippen molar-refractivity contribution in [3.8, 4) is 0 Å². The van der Waals surface area contributed by atoms with E-state index >= 15 is 0 Å². The molecule has 0 aliphatic carbocycles. The quantitative estimate of drug-likeness (QED) is 0.482. The number of nitrogens with zero attached hydrogens (tertiary/aromatic N) is 4. The Bertz CT molecular complexity index is 1160. The Balaban J connectivity index is 1.54. The predicted octanol–water partition coefficient (Wildman–Crippen LogP) is 4.09. The molecule has 0 fully saturated rings. The van der Waals surface area contributed by atoms with Gasteiger partial charge in [0.15, 0.2) is 0 Å². The molecule has 0 radical (unpaired) electrons. The van der Waals surface area contributed by atoms with Gasteiger partial charge in [-0.15, -0.1) is 5.10 Å². The van der Waals surface area contributed by atoms with E-state index in [1.54, 1.807) is 38.1 Å². The van der Waals surface area contributed by atoms with Crippen LogP contribution < -0.4 is 5.32 Å². The van der Waals surface area contributed by atoms with Gasteiger partial charge >= 0.3 is 12.4 Å². The maximum absolute atomic E-state index is 12.9. The second-order valence-electron chi connectivity index (χ2n) is 7.61. The van der Waals surface area contributed by atoms with Crippen LogP contribution in [-0.2, 0) is 35.3 Å². The topological polar surface area (TPSA) is 81.4 Å². The van der Waals surface area contributed by atoms with Gasteiger partial charge in [0.25, 0.3) is 11.6 Å². The predicted molar refractivity (Wildman–Crippen MR) is 108 cm³/mol. The van der Waals surface area contributed by atoms with E-state index < -0.39 is 24.8 Å². The summed E-state index contributed by atoms with van der Waals surface area (Å²) in [5.74, 6) is -1.73. The Morgan fingerprint density at radius 1 is 1.03 bits per heavy atom. The molecule has 3 aromatic rings. The number of halogens is 6. The smallest absolute Gasteiger partial charge is 0.367 e. The van der Waals surface area contributed by atoms with Crippen LogP contribution in [0.3, 0.4) is 0 Å². The molecule has 0 unspecified atom stereocenters. The number of benzene rings is 1. The number of alkyl halides is 6. The van der Waals surface area contributed by atoms with Gasteiger partial charge in [-0.1, -0.05) is 24.3 Å². The molecule has 2 aromatic heterocycles. The van der Waals surface area contributed by atoms with E-state index in [-0.39, 0.29) is 37.7 Å². The van der Waals surface area contributed by atoms with Crippen LogP contribution in [0.4, 0.5) is 26.3 Å². The number of amides is 1. The number of fused-ring (bicyclic) bond motifs is 1. The first-order valence-corrected chi connectivity index (χ1v) is 10.1. The summed E-state index contributed by atoms with van der Waals surface area (Å²) in [6.45, 7) is 1.91.